The number of amides is 1. The van der Waals surface area contributed by atoms with Crippen molar-refractivity contribution in [2.24, 2.45) is 0 Å². The summed E-state index contributed by atoms with van der Waals surface area (Å²) < 4.78 is 0.987. The predicted molar refractivity (Wildman–Crippen MR) is 102 cm³/mol. The van der Waals surface area contributed by atoms with Gasteiger partial charge in [-0.15, -0.1) is 0 Å². The molecule has 1 heterocycles. The van der Waals surface area contributed by atoms with Crippen LogP contribution in [0.25, 0.3) is 11.3 Å². The molecule has 3 rings (SSSR count). The molecule has 0 aliphatic heterocycles. The predicted octanol–water partition coefficient (Wildman–Crippen LogP) is 3.56. The third-order valence-electron chi connectivity index (χ3n) is 3.68. The van der Waals surface area contributed by atoms with E-state index in [0.29, 0.717) is 27.0 Å². The molecule has 0 saturated carbocycles. The van der Waals surface area contributed by atoms with E-state index in [9.17, 15) is 9.59 Å². The quantitative estimate of drug-likeness (QED) is 0.740. The molecule has 1 amide bonds. The van der Waals surface area contributed by atoms with Crippen LogP contribution >= 0.6 is 23.2 Å². The highest BCUT2D eigenvalue weighted by Gasteiger charge is 2.11. The third kappa shape index (κ3) is 4.09. The van der Waals surface area contributed by atoms with Crippen LogP contribution in [0.1, 0.15) is 5.56 Å². The van der Waals surface area contributed by atoms with E-state index in [1.165, 1.54) is 6.20 Å². The standard InChI is InChI=1S/C18H14Cl2N4O2/c1-11-3-2-4-14(20)17(11)23-16(25)10-24-18(26)22-15(9-21-24)12-5-7-13(19)8-6-12/h2-9H,10H2,1H3,(H,23,25). The van der Waals surface area contributed by atoms with Crippen molar-refractivity contribution in [3.8, 4) is 11.3 Å². The van der Waals surface area contributed by atoms with Gasteiger partial charge in [-0.3, -0.25) is 4.79 Å². The number of anilines is 1. The van der Waals surface area contributed by atoms with Crippen LogP contribution in [0.3, 0.4) is 0 Å². The minimum Gasteiger partial charge on any atom is -0.323 e. The fourth-order valence-corrected chi connectivity index (χ4v) is 2.73. The van der Waals surface area contributed by atoms with Crippen LogP contribution in [0.15, 0.2) is 53.5 Å². The van der Waals surface area contributed by atoms with Gasteiger partial charge in [-0.05, 0) is 30.7 Å². The second-order valence-corrected chi connectivity index (χ2v) is 6.41. The first-order valence-electron chi connectivity index (χ1n) is 7.69. The van der Waals surface area contributed by atoms with Crippen molar-refractivity contribution in [1.29, 1.82) is 0 Å². The highest BCUT2D eigenvalue weighted by Crippen LogP contribution is 2.25. The minimum absolute atomic E-state index is 0.266. The second-order valence-electron chi connectivity index (χ2n) is 5.57. The Kier molecular flexibility index (Phi) is 5.35. The van der Waals surface area contributed by atoms with Crippen LogP contribution in [0.2, 0.25) is 10.0 Å². The van der Waals surface area contributed by atoms with E-state index in [1.807, 2.05) is 13.0 Å². The first-order chi connectivity index (χ1) is 12.4. The molecule has 0 aliphatic carbocycles. The summed E-state index contributed by atoms with van der Waals surface area (Å²) in [6, 6.07) is 12.2. The smallest absolute Gasteiger partial charge is 0.323 e. The third-order valence-corrected chi connectivity index (χ3v) is 4.24. The van der Waals surface area contributed by atoms with Gasteiger partial charge in [-0.1, -0.05) is 47.5 Å². The topological polar surface area (TPSA) is 76.9 Å². The maximum absolute atomic E-state index is 12.2. The number of carbonyl (C=O) groups excluding carboxylic acids is 1. The van der Waals surface area contributed by atoms with Gasteiger partial charge in [-0.2, -0.15) is 10.1 Å². The fraction of sp³-hybridized carbons (Fsp3) is 0.111. The van der Waals surface area contributed by atoms with Gasteiger partial charge in [0.25, 0.3) is 0 Å². The van der Waals surface area contributed by atoms with Crippen LogP contribution < -0.4 is 11.0 Å². The Hall–Kier alpha value is -2.70. The molecule has 6 nitrogen and oxygen atoms in total. The van der Waals surface area contributed by atoms with Crippen molar-refractivity contribution in [1.82, 2.24) is 14.8 Å². The van der Waals surface area contributed by atoms with Crippen LogP contribution in [0, 0.1) is 6.92 Å². The van der Waals surface area contributed by atoms with E-state index in [-0.39, 0.29) is 6.54 Å². The number of aromatic nitrogens is 3. The summed E-state index contributed by atoms with van der Waals surface area (Å²) in [7, 11) is 0. The molecule has 0 bridgehead atoms. The molecule has 0 radical (unpaired) electrons. The molecule has 1 aromatic heterocycles. The van der Waals surface area contributed by atoms with E-state index >= 15 is 0 Å². The molecular weight excluding hydrogens is 375 g/mol. The van der Waals surface area contributed by atoms with E-state index in [4.69, 9.17) is 23.2 Å². The summed E-state index contributed by atoms with van der Waals surface area (Å²) in [6.07, 6.45) is 1.43. The Morgan fingerprint density at radius 3 is 2.54 bits per heavy atom. The number of halogens is 2. The lowest BCUT2D eigenvalue weighted by atomic mass is 10.2. The molecule has 132 valence electrons. The molecule has 2 aromatic carbocycles. The Bertz CT molecular complexity index is 996. The van der Waals surface area contributed by atoms with Crippen molar-refractivity contribution in [3.63, 3.8) is 0 Å². The van der Waals surface area contributed by atoms with Gasteiger partial charge in [0.1, 0.15) is 6.54 Å². The number of hydrogen-bond donors (Lipinski definition) is 1. The van der Waals surface area contributed by atoms with Crippen LogP contribution in [-0.2, 0) is 11.3 Å². The van der Waals surface area contributed by atoms with E-state index < -0.39 is 11.6 Å². The van der Waals surface area contributed by atoms with Crippen molar-refractivity contribution in [3.05, 3.63) is 74.8 Å². The van der Waals surface area contributed by atoms with Crippen molar-refractivity contribution in [2.75, 3.05) is 5.32 Å². The highest BCUT2D eigenvalue weighted by atomic mass is 35.5. The lowest BCUT2D eigenvalue weighted by Gasteiger charge is -2.10. The molecule has 0 fully saturated rings. The van der Waals surface area contributed by atoms with Gasteiger partial charge in [0.05, 0.1) is 22.6 Å². The minimum atomic E-state index is -0.622. The van der Waals surface area contributed by atoms with Gasteiger partial charge >= 0.3 is 5.69 Å². The maximum Gasteiger partial charge on any atom is 0.365 e. The average molecular weight is 389 g/mol. The molecule has 26 heavy (non-hydrogen) atoms. The first-order valence-corrected chi connectivity index (χ1v) is 8.45. The highest BCUT2D eigenvalue weighted by molar-refractivity contribution is 6.33. The number of nitrogens with zero attached hydrogens (tertiary/aromatic N) is 3. The number of hydrogen-bond acceptors (Lipinski definition) is 4. The zero-order chi connectivity index (χ0) is 18.7. The largest absolute Gasteiger partial charge is 0.365 e. The first kappa shape index (κ1) is 18.1. The number of rotatable bonds is 4. The second kappa shape index (κ2) is 7.68. The van der Waals surface area contributed by atoms with Crippen LogP contribution in [-0.4, -0.2) is 20.7 Å². The SMILES string of the molecule is Cc1cccc(Cl)c1NC(=O)Cn1ncc(-c2ccc(Cl)cc2)nc1=O. The maximum atomic E-state index is 12.2. The van der Waals surface area contributed by atoms with Crippen molar-refractivity contribution in [2.45, 2.75) is 13.5 Å². The van der Waals surface area contributed by atoms with E-state index in [0.717, 1.165) is 10.2 Å². The van der Waals surface area contributed by atoms with Gasteiger partial charge in [0, 0.05) is 10.6 Å². The van der Waals surface area contributed by atoms with E-state index in [2.05, 4.69) is 15.4 Å². The summed E-state index contributed by atoms with van der Waals surface area (Å²) in [5.74, 6) is -0.420. The average Bonchev–Trinajstić information content (AvgIpc) is 2.61. The summed E-state index contributed by atoms with van der Waals surface area (Å²) >= 11 is 11.9. The number of carbonyl (C=O) groups is 1. The lowest BCUT2D eigenvalue weighted by Crippen LogP contribution is -2.31. The molecule has 1 N–H and O–H groups in total. The van der Waals surface area contributed by atoms with Gasteiger partial charge < -0.3 is 5.32 Å². The lowest BCUT2D eigenvalue weighted by molar-refractivity contribution is -0.117. The molecule has 0 spiro atoms. The Labute approximate surface area is 159 Å². The van der Waals surface area contributed by atoms with Crippen molar-refractivity contribution >= 4 is 34.8 Å². The van der Waals surface area contributed by atoms with Gasteiger partial charge in [0.2, 0.25) is 5.91 Å². The van der Waals surface area contributed by atoms with Gasteiger partial charge in [0.15, 0.2) is 0 Å². The molecule has 0 unspecified atom stereocenters. The number of para-hydroxylation sites is 1. The molecule has 0 atom stereocenters. The molecule has 8 heteroatoms. The van der Waals surface area contributed by atoms with Crippen LogP contribution in [0.5, 0.6) is 0 Å². The zero-order valence-corrected chi connectivity index (χ0v) is 15.3. The Morgan fingerprint density at radius 2 is 1.88 bits per heavy atom. The summed E-state index contributed by atoms with van der Waals surface area (Å²) in [4.78, 5) is 28.3. The number of aryl methyl sites for hydroxylation is 1. The summed E-state index contributed by atoms with van der Waals surface area (Å²) in [5, 5.41) is 7.72. The van der Waals surface area contributed by atoms with Crippen LogP contribution in [0.4, 0.5) is 5.69 Å². The molecule has 0 aliphatic rings. The summed E-state index contributed by atoms with van der Waals surface area (Å²) in [5.41, 5.74) is 1.83. The number of benzene rings is 2. The zero-order valence-electron chi connectivity index (χ0n) is 13.7. The van der Waals surface area contributed by atoms with E-state index in [1.54, 1.807) is 36.4 Å². The molecule has 3 aromatic rings. The molecule has 0 saturated heterocycles. The molecular formula is C18H14Cl2N4O2. The summed E-state index contributed by atoms with van der Waals surface area (Å²) in [6.45, 7) is 1.56. The van der Waals surface area contributed by atoms with Gasteiger partial charge in [-0.25, -0.2) is 9.48 Å². The Balaban J connectivity index is 1.77. The van der Waals surface area contributed by atoms with Crippen molar-refractivity contribution < 1.29 is 4.79 Å². The fourth-order valence-electron chi connectivity index (χ4n) is 2.34. The number of nitrogens with one attached hydrogen (secondary N) is 1. The monoisotopic (exact) mass is 388 g/mol. The normalized spacial score (nSPS) is 10.6. The Morgan fingerprint density at radius 1 is 1.15 bits per heavy atom.